The Bertz CT molecular complexity index is 1420. The Morgan fingerprint density at radius 1 is 1.23 bits per heavy atom. The molecule has 8 nitrogen and oxygen atoms in total. The summed E-state index contributed by atoms with van der Waals surface area (Å²) in [4.78, 5) is 24.0. The third-order valence-electron chi connectivity index (χ3n) is 6.27. The van der Waals surface area contributed by atoms with Gasteiger partial charge in [0.1, 0.15) is 5.82 Å². The lowest BCUT2D eigenvalue weighted by molar-refractivity contribution is 0.0920. The van der Waals surface area contributed by atoms with Gasteiger partial charge in [-0.25, -0.2) is 18.7 Å². The Kier molecular flexibility index (Phi) is 6.14. The van der Waals surface area contributed by atoms with Gasteiger partial charge in [0.25, 0.3) is 5.91 Å². The van der Waals surface area contributed by atoms with E-state index in [0.717, 1.165) is 31.0 Å². The number of hydrogen-bond acceptors (Lipinski definition) is 5. The number of halogens is 3. The summed E-state index contributed by atoms with van der Waals surface area (Å²) in [5, 5.41) is 11.2. The predicted molar refractivity (Wildman–Crippen MR) is 129 cm³/mol. The molecule has 0 aliphatic heterocycles. The number of benzene rings is 1. The first-order valence-corrected chi connectivity index (χ1v) is 11.7. The molecule has 5 rings (SSSR count). The highest BCUT2D eigenvalue weighted by atomic mass is 35.5. The molecule has 3 N–H and O–H groups in total. The van der Waals surface area contributed by atoms with Gasteiger partial charge in [-0.3, -0.25) is 9.48 Å². The Morgan fingerprint density at radius 2 is 2.03 bits per heavy atom. The van der Waals surface area contributed by atoms with Crippen LogP contribution in [0.4, 0.5) is 14.6 Å². The van der Waals surface area contributed by atoms with Crippen LogP contribution < -0.4 is 10.6 Å². The fourth-order valence-electron chi connectivity index (χ4n) is 4.67. The van der Waals surface area contributed by atoms with Crippen molar-refractivity contribution < 1.29 is 13.6 Å². The quantitative estimate of drug-likeness (QED) is 0.368. The maximum atomic E-state index is 14.6. The Hall–Kier alpha value is -3.53. The lowest BCUT2D eigenvalue weighted by atomic mass is 9.90. The summed E-state index contributed by atoms with van der Waals surface area (Å²) in [6, 6.07) is 2.67. The number of fused-ring (bicyclic) bond motifs is 1. The van der Waals surface area contributed by atoms with Gasteiger partial charge in [0, 0.05) is 53.1 Å². The number of rotatable bonds is 5. The average molecular weight is 500 g/mol. The highest BCUT2D eigenvalue weighted by molar-refractivity contribution is 6.31. The summed E-state index contributed by atoms with van der Waals surface area (Å²) in [6.45, 7) is 1.85. The van der Waals surface area contributed by atoms with E-state index in [-0.39, 0.29) is 40.2 Å². The highest BCUT2D eigenvalue weighted by Gasteiger charge is 2.26. The van der Waals surface area contributed by atoms with Gasteiger partial charge in [-0.1, -0.05) is 11.6 Å². The molecule has 0 spiro atoms. The zero-order chi connectivity index (χ0) is 24.7. The third-order valence-corrected chi connectivity index (χ3v) is 6.49. The fourth-order valence-corrected chi connectivity index (χ4v) is 4.87. The minimum Gasteiger partial charge on any atom is -0.365 e. The average Bonchev–Trinajstić information content (AvgIpc) is 3.38. The van der Waals surface area contributed by atoms with Crippen molar-refractivity contribution in [3.63, 3.8) is 0 Å². The molecule has 11 heteroatoms. The minimum atomic E-state index is -0.590. The standard InChI is InChI=1S/C24H24ClF2N7O/c1-12-11-34(2)33-20(12)24(35)31-15-5-3-4-14(8-15)30-23-19(27)10-29-22(32-23)17-9-28-21-16(17)6-13(25)7-18(21)26/h6-7,9-11,14-15,28H,3-5,8H2,1-2H3,(H,31,35)(H,29,30,32)/t14-,15+/m0/s1. The minimum absolute atomic E-state index is 0.0596. The Balaban J connectivity index is 1.33. The molecular formula is C24H24ClF2N7O. The van der Waals surface area contributed by atoms with E-state index in [0.29, 0.717) is 23.1 Å². The van der Waals surface area contributed by atoms with Crippen molar-refractivity contribution in [2.45, 2.75) is 44.7 Å². The van der Waals surface area contributed by atoms with E-state index >= 15 is 0 Å². The number of anilines is 1. The van der Waals surface area contributed by atoms with E-state index in [4.69, 9.17) is 11.6 Å². The van der Waals surface area contributed by atoms with Crippen LogP contribution in [0.3, 0.4) is 0 Å². The van der Waals surface area contributed by atoms with Gasteiger partial charge in [0.05, 0.1) is 11.7 Å². The van der Waals surface area contributed by atoms with Crippen molar-refractivity contribution in [2.24, 2.45) is 7.05 Å². The maximum absolute atomic E-state index is 14.6. The van der Waals surface area contributed by atoms with Crippen LogP contribution in [0, 0.1) is 18.6 Å². The molecular weight excluding hydrogens is 476 g/mol. The summed E-state index contributed by atoms with van der Waals surface area (Å²) in [5.41, 5.74) is 2.01. The monoisotopic (exact) mass is 499 g/mol. The van der Waals surface area contributed by atoms with Crippen molar-refractivity contribution in [1.29, 1.82) is 0 Å². The lowest BCUT2D eigenvalue weighted by Gasteiger charge is -2.30. The molecule has 0 radical (unpaired) electrons. The van der Waals surface area contributed by atoms with Crippen LogP contribution in [0.15, 0.2) is 30.7 Å². The van der Waals surface area contributed by atoms with E-state index in [2.05, 4.69) is 30.7 Å². The smallest absolute Gasteiger partial charge is 0.272 e. The van der Waals surface area contributed by atoms with E-state index in [9.17, 15) is 13.6 Å². The van der Waals surface area contributed by atoms with Gasteiger partial charge in [0.2, 0.25) is 0 Å². The molecule has 0 bridgehead atoms. The van der Waals surface area contributed by atoms with Crippen LogP contribution in [0.5, 0.6) is 0 Å². The normalized spacial score (nSPS) is 18.1. The van der Waals surface area contributed by atoms with Crippen molar-refractivity contribution in [1.82, 2.24) is 30.0 Å². The first kappa shape index (κ1) is 23.2. The summed E-state index contributed by atoms with van der Waals surface area (Å²) < 4.78 is 30.5. The van der Waals surface area contributed by atoms with Crippen molar-refractivity contribution in [3.05, 3.63) is 58.6 Å². The molecule has 1 fully saturated rings. The molecule has 2 atom stereocenters. The summed E-state index contributed by atoms with van der Waals surface area (Å²) in [5.74, 6) is -0.990. The van der Waals surface area contributed by atoms with Crippen LogP contribution in [0.25, 0.3) is 22.3 Å². The number of carbonyl (C=O) groups is 1. The van der Waals surface area contributed by atoms with Crippen molar-refractivity contribution in [3.8, 4) is 11.4 Å². The van der Waals surface area contributed by atoms with E-state index in [1.54, 1.807) is 30.2 Å². The lowest BCUT2D eigenvalue weighted by Crippen LogP contribution is -2.42. The highest BCUT2D eigenvalue weighted by Crippen LogP contribution is 2.32. The number of nitrogens with zero attached hydrogens (tertiary/aromatic N) is 4. The fraction of sp³-hybridized carbons (Fsp3) is 0.333. The number of nitrogens with one attached hydrogen (secondary N) is 3. The Morgan fingerprint density at radius 3 is 2.80 bits per heavy atom. The number of H-pyrrole nitrogens is 1. The molecule has 35 heavy (non-hydrogen) atoms. The van der Waals surface area contributed by atoms with Gasteiger partial charge >= 0.3 is 0 Å². The SMILES string of the molecule is Cc1cn(C)nc1C(=O)N[C@@H]1CCC[C@H](Nc2nc(-c3c[nH]c4c(F)cc(Cl)cc34)ncc2F)C1. The van der Waals surface area contributed by atoms with Crippen molar-refractivity contribution in [2.75, 3.05) is 5.32 Å². The molecule has 1 aliphatic carbocycles. The topological polar surface area (TPSA) is 101 Å². The van der Waals surface area contributed by atoms with Gasteiger partial charge < -0.3 is 15.6 Å². The van der Waals surface area contributed by atoms with Crippen LogP contribution in [0.2, 0.25) is 5.02 Å². The number of amides is 1. The number of hydrogen-bond donors (Lipinski definition) is 3. The molecule has 1 saturated carbocycles. The second-order valence-electron chi connectivity index (χ2n) is 8.92. The van der Waals surface area contributed by atoms with Crippen molar-refractivity contribution >= 4 is 34.2 Å². The predicted octanol–water partition coefficient (Wildman–Crippen LogP) is 4.75. The molecule has 1 aliphatic rings. The summed E-state index contributed by atoms with van der Waals surface area (Å²) in [7, 11) is 1.77. The van der Waals surface area contributed by atoms with Crippen LogP contribution in [-0.4, -0.2) is 42.7 Å². The first-order chi connectivity index (χ1) is 16.8. The summed E-state index contributed by atoms with van der Waals surface area (Å²) in [6.07, 6.45) is 7.58. The molecule has 182 valence electrons. The van der Waals surface area contributed by atoms with E-state index < -0.39 is 11.6 Å². The first-order valence-electron chi connectivity index (χ1n) is 11.3. The molecule has 3 aromatic heterocycles. The zero-order valence-corrected chi connectivity index (χ0v) is 20.0. The number of aromatic nitrogens is 5. The third kappa shape index (κ3) is 4.70. The number of aryl methyl sites for hydroxylation is 2. The second-order valence-corrected chi connectivity index (χ2v) is 9.35. The number of aromatic amines is 1. The van der Waals surface area contributed by atoms with Crippen LogP contribution in [-0.2, 0) is 7.05 Å². The van der Waals surface area contributed by atoms with Crippen LogP contribution >= 0.6 is 11.6 Å². The van der Waals surface area contributed by atoms with E-state index in [1.165, 1.54) is 6.07 Å². The van der Waals surface area contributed by atoms with Gasteiger partial charge in [-0.2, -0.15) is 5.10 Å². The number of carbonyl (C=O) groups excluding carboxylic acids is 1. The molecule has 4 aromatic rings. The Labute approximate surface area is 205 Å². The van der Waals surface area contributed by atoms with Crippen LogP contribution in [0.1, 0.15) is 41.7 Å². The molecule has 0 saturated heterocycles. The molecule has 0 unspecified atom stereocenters. The van der Waals surface area contributed by atoms with Gasteiger partial charge in [-0.05, 0) is 44.7 Å². The van der Waals surface area contributed by atoms with E-state index in [1.807, 2.05) is 6.92 Å². The summed E-state index contributed by atoms with van der Waals surface area (Å²) >= 11 is 6.02. The van der Waals surface area contributed by atoms with Gasteiger partial charge in [-0.15, -0.1) is 0 Å². The zero-order valence-electron chi connectivity index (χ0n) is 19.2. The maximum Gasteiger partial charge on any atom is 0.272 e. The molecule has 1 aromatic carbocycles. The largest absolute Gasteiger partial charge is 0.365 e. The molecule has 1 amide bonds. The second kappa shape index (κ2) is 9.26. The van der Waals surface area contributed by atoms with Gasteiger partial charge in [0.15, 0.2) is 23.2 Å². The molecule has 3 heterocycles.